The molecule has 0 heterocycles. The molecule has 2 aromatic rings. The van der Waals surface area contributed by atoms with Gasteiger partial charge in [0.1, 0.15) is 11.6 Å². The van der Waals surface area contributed by atoms with Gasteiger partial charge in [-0.15, -0.1) is 0 Å². The zero-order valence-electron chi connectivity index (χ0n) is 14.9. The summed E-state index contributed by atoms with van der Waals surface area (Å²) in [5.41, 5.74) is 0.862. The number of carbonyl (C=O) groups excluding carboxylic acids is 3. The van der Waals surface area contributed by atoms with Crippen LogP contribution in [0, 0.1) is 5.82 Å². The molecule has 2 amide bonds. The summed E-state index contributed by atoms with van der Waals surface area (Å²) in [5.74, 6) is -1.58. The molecular formula is C20H19FN2O5. The van der Waals surface area contributed by atoms with Crippen LogP contribution in [0.15, 0.2) is 48.5 Å². The minimum Gasteiger partial charge on any atom is -0.482 e. The lowest BCUT2D eigenvalue weighted by Crippen LogP contribution is -2.26. The molecule has 146 valence electrons. The van der Waals surface area contributed by atoms with Gasteiger partial charge < -0.3 is 20.1 Å². The van der Waals surface area contributed by atoms with E-state index in [1.54, 1.807) is 24.3 Å². The van der Waals surface area contributed by atoms with E-state index >= 15 is 0 Å². The van der Waals surface area contributed by atoms with Crippen LogP contribution in [0.25, 0.3) is 0 Å². The number of carbonyl (C=O) groups is 3. The summed E-state index contributed by atoms with van der Waals surface area (Å²) in [6, 6.07) is 11.9. The fourth-order valence-electron chi connectivity index (χ4n) is 2.29. The Morgan fingerprint density at radius 1 is 1.04 bits per heavy atom. The second-order valence-electron chi connectivity index (χ2n) is 6.28. The van der Waals surface area contributed by atoms with Gasteiger partial charge >= 0.3 is 5.97 Å². The molecule has 8 heteroatoms. The molecule has 3 rings (SSSR count). The summed E-state index contributed by atoms with van der Waals surface area (Å²) in [4.78, 5) is 35.6. The molecule has 0 atom stereocenters. The van der Waals surface area contributed by atoms with Crippen LogP contribution in [0.4, 0.5) is 10.1 Å². The van der Waals surface area contributed by atoms with Crippen molar-refractivity contribution in [1.82, 2.24) is 5.32 Å². The second-order valence-corrected chi connectivity index (χ2v) is 6.28. The normalized spacial score (nSPS) is 12.8. The van der Waals surface area contributed by atoms with Gasteiger partial charge in [0.05, 0.1) is 0 Å². The maximum Gasteiger partial charge on any atom is 0.344 e. The maximum atomic E-state index is 12.8. The minimum absolute atomic E-state index is 0.192. The highest BCUT2D eigenvalue weighted by Gasteiger charge is 2.23. The van der Waals surface area contributed by atoms with E-state index in [0.29, 0.717) is 17.0 Å². The molecule has 0 bridgehead atoms. The van der Waals surface area contributed by atoms with Gasteiger partial charge in [0.15, 0.2) is 13.2 Å². The summed E-state index contributed by atoms with van der Waals surface area (Å²) in [7, 11) is 0. The van der Waals surface area contributed by atoms with E-state index in [1.807, 2.05) is 0 Å². The number of esters is 1. The first kappa shape index (κ1) is 19.3. The number of ether oxygens (including phenoxy) is 2. The molecule has 28 heavy (non-hydrogen) atoms. The monoisotopic (exact) mass is 386 g/mol. The number of hydrogen-bond donors (Lipinski definition) is 2. The number of anilines is 1. The quantitative estimate of drug-likeness (QED) is 0.679. The Kier molecular flexibility index (Phi) is 6.21. The molecule has 1 saturated carbocycles. The van der Waals surface area contributed by atoms with E-state index < -0.39 is 30.9 Å². The molecule has 0 spiro atoms. The highest BCUT2D eigenvalue weighted by atomic mass is 19.1. The van der Waals surface area contributed by atoms with Crippen molar-refractivity contribution in [1.29, 1.82) is 0 Å². The SMILES string of the molecule is O=C(COC(=O)COc1ccc(F)cc1)Nc1cccc(C(=O)NC2CC2)c1. The zero-order chi connectivity index (χ0) is 19.9. The number of amides is 2. The number of rotatable bonds is 8. The fourth-order valence-corrected chi connectivity index (χ4v) is 2.29. The Hall–Kier alpha value is -3.42. The molecule has 1 aliphatic rings. The molecule has 0 aliphatic heterocycles. The van der Waals surface area contributed by atoms with Crippen LogP contribution in [-0.4, -0.2) is 37.0 Å². The predicted octanol–water partition coefficient (Wildman–Crippen LogP) is 2.28. The summed E-state index contributed by atoms with van der Waals surface area (Å²) in [6.07, 6.45) is 1.97. The number of hydrogen-bond acceptors (Lipinski definition) is 5. The summed E-state index contributed by atoms with van der Waals surface area (Å²) < 4.78 is 22.8. The average Bonchev–Trinajstić information content (AvgIpc) is 3.50. The lowest BCUT2D eigenvalue weighted by atomic mass is 10.2. The van der Waals surface area contributed by atoms with E-state index in [2.05, 4.69) is 10.6 Å². The first-order chi connectivity index (χ1) is 13.5. The molecule has 2 N–H and O–H groups in total. The van der Waals surface area contributed by atoms with Crippen LogP contribution in [0.1, 0.15) is 23.2 Å². The van der Waals surface area contributed by atoms with Gasteiger partial charge in [-0.25, -0.2) is 9.18 Å². The first-order valence-electron chi connectivity index (χ1n) is 8.74. The number of nitrogens with one attached hydrogen (secondary N) is 2. The highest BCUT2D eigenvalue weighted by molar-refractivity contribution is 5.98. The Bertz CT molecular complexity index is 865. The second kappa shape index (κ2) is 8.98. The fraction of sp³-hybridized carbons (Fsp3) is 0.250. The Morgan fingerprint density at radius 3 is 2.50 bits per heavy atom. The standard InChI is InChI=1S/C20H19FN2O5/c21-14-4-8-17(9-5-14)27-12-19(25)28-11-18(24)22-16-3-1-2-13(10-16)20(26)23-15-6-7-15/h1-5,8-10,15H,6-7,11-12H2,(H,22,24)(H,23,26). The Balaban J connectivity index is 1.41. The van der Waals surface area contributed by atoms with Gasteiger partial charge in [0.25, 0.3) is 11.8 Å². The average molecular weight is 386 g/mol. The Morgan fingerprint density at radius 2 is 1.79 bits per heavy atom. The van der Waals surface area contributed by atoms with E-state index in [-0.39, 0.29) is 11.9 Å². The molecule has 0 aromatic heterocycles. The van der Waals surface area contributed by atoms with Crippen molar-refractivity contribution in [3.63, 3.8) is 0 Å². The van der Waals surface area contributed by atoms with Crippen molar-refractivity contribution in [2.24, 2.45) is 0 Å². The summed E-state index contributed by atoms with van der Waals surface area (Å²) in [6.45, 7) is -0.903. The number of benzene rings is 2. The van der Waals surface area contributed by atoms with Crippen molar-refractivity contribution in [3.8, 4) is 5.75 Å². The molecule has 0 saturated heterocycles. The number of halogens is 1. The molecule has 0 unspecified atom stereocenters. The smallest absolute Gasteiger partial charge is 0.344 e. The van der Waals surface area contributed by atoms with Crippen LogP contribution < -0.4 is 15.4 Å². The lowest BCUT2D eigenvalue weighted by molar-refractivity contribution is -0.149. The van der Waals surface area contributed by atoms with Crippen molar-refractivity contribution in [3.05, 3.63) is 59.9 Å². The van der Waals surface area contributed by atoms with Crippen molar-refractivity contribution in [2.45, 2.75) is 18.9 Å². The molecule has 1 aliphatic carbocycles. The van der Waals surface area contributed by atoms with Crippen molar-refractivity contribution >= 4 is 23.5 Å². The maximum absolute atomic E-state index is 12.8. The van der Waals surface area contributed by atoms with Crippen molar-refractivity contribution in [2.75, 3.05) is 18.5 Å². The van der Waals surface area contributed by atoms with Gasteiger partial charge in [-0.05, 0) is 55.3 Å². The van der Waals surface area contributed by atoms with E-state index in [0.717, 1.165) is 12.8 Å². The molecular weight excluding hydrogens is 367 g/mol. The van der Waals surface area contributed by atoms with Gasteiger partial charge in [-0.2, -0.15) is 0 Å². The third-order valence-corrected chi connectivity index (χ3v) is 3.86. The van der Waals surface area contributed by atoms with E-state index in [9.17, 15) is 18.8 Å². The zero-order valence-corrected chi connectivity index (χ0v) is 14.9. The van der Waals surface area contributed by atoms with Crippen LogP contribution in [0.2, 0.25) is 0 Å². The van der Waals surface area contributed by atoms with E-state index in [4.69, 9.17) is 9.47 Å². The third kappa shape index (κ3) is 6.08. The summed E-state index contributed by atoms with van der Waals surface area (Å²) in [5, 5.41) is 5.43. The Labute approximate surface area is 160 Å². The first-order valence-corrected chi connectivity index (χ1v) is 8.74. The van der Waals surface area contributed by atoms with Crippen LogP contribution >= 0.6 is 0 Å². The predicted molar refractivity (Wildman–Crippen MR) is 98.4 cm³/mol. The lowest BCUT2D eigenvalue weighted by Gasteiger charge is -2.09. The highest BCUT2D eigenvalue weighted by Crippen LogP contribution is 2.20. The van der Waals surface area contributed by atoms with E-state index in [1.165, 1.54) is 24.3 Å². The third-order valence-electron chi connectivity index (χ3n) is 3.86. The van der Waals surface area contributed by atoms with Gasteiger partial charge in [0.2, 0.25) is 0 Å². The molecule has 1 fully saturated rings. The van der Waals surface area contributed by atoms with Crippen LogP contribution in [0.5, 0.6) is 5.75 Å². The molecule has 0 radical (unpaired) electrons. The molecule has 7 nitrogen and oxygen atoms in total. The minimum atomic E-state index is -0.739. The molecule has 2 aromatic carbocycles. The van der Waals surface area contributed by atoms with Gasteiger partial charge in [0, 0.05) is 17.3 Å². The van der Waals surface area contributed by atoms with Crippen molar-refractivity contribution < 1.29 is 28.2 Å². The summed E-state index contributed by atoms with van der Waals surface area (Å²) >= 11 is 0. The van der Waals surface area contributed by atoms with Crippen LogP contribution in [0.3, 0.4) is 0 Å². The van der Waals surface area contributed by atoms with Gasteiger partial charge in [-0.3, -0.25) is 9.59 Å². The van der Waals surface area contributed by atoms with Crippen LogP contribution in [-0.2, 0) is 14.3 Å². The van der Waals surface area contributed by atoms with Gasteiger partial charge in [-0.1, -0.05) is 6.07 Å². The topological polar surface area (TPSA) is 93.7 Å². The largest absolute Gasteiger partial charge is 0.482 e.